The zero-order valence-corrected chi connectivity index (χ0v) is 89.6. The highest BCUT2D eigenvalue weighted by Crippen LogP contribution is 2.36. The predicted octanol–water partition coefficient (Wildman–Crippen LogP) is 11.6. The van der Waals surface area contributed by atoms with E-state index in [-0.39, 0.29) is 83.6 Å². The van der Waals surface area contributed by atoms with Gasteiger partial charge in [0.25, 0.3) is 17.7 Å². The van der Waals surface area contributed by atoms with Gasteiger partial charge in [0.1, 0.15) is 77.9 Å². The number of fused-ring (bicyclic) bond motifs is 2. The number of nitrogens with one attached hydrogen (secondary N) is 9. The molecule has 41 nitrogen and oxygen atoms in total. The van der Waals surface area contributed by atoms with Gasteiger partial charge in [-0.25, -0.2) is 48.8 Å². The summed E-state index contributed by atoms with van der Waals surface area (Å²) >= 11 is 1.49. The molecule has 4 aliphatic rings. The minimum atomic E-state index is -1.22. The van der Waals surface area contributed by atoms with Gasteiger partial charge in [0, 0.05) is 62.6 Å². The van der Waals surface area contributed by atoms with E-state index in [0.29, 0.717) is 68.0 Å². The number of aliphatic hydroxyl groups excluding tert-OH is 3. The number of alkyl carbamates (subject to hydrolysis) is 6. The molecule has 8 aromatic rings. The van der Waals surface area contributed by atoms with Gasteiger partial charge in [0.15, 0.2) is 12.6 Å². The first-order valence-electron chi connectivity index (χ1n) is 49.6. The molecule has 0 unspecified atom stereocenters. The molecule has 12 N–H and O–H groups in total. The number of carbonyl (C=O) groups is 9. The quantitative estimate of drug-likeness (QED) is 0.0125. The number of hydrazine groups is 3. The van der Waals surface area contributed by atoms with Crippen LogP contribution < -0.4 is 71.9 Å². The molecule has 4 saturated heterocycles. The van der Waals surface area contributed by atoms with Crippen molar-refractivity contribution in [1.29, 1.82) is 0 Å². The van der Waals surface area contributed by atoms with Crippen molar-refractivity contribution in [1.82, 2.24) is 73.2 Å². The topological polar surface area (TPSA) is 497 Å². The molecule has 0 aliphatic carbocycles. The maximum Gasteiger partial charge on any atom is 0.407 e. The van der Waals surface area contributed by atoms with Crippen molar-refractivity contribution in [2.45, 2.75) is 240 Å². The Labute approximate surface area is 880 Å². The molecule has 0 bridgehead atoms. The summed E-state index contributed by atoms with van der Waals surface area (Å²) in [6, 6.07) is 42.7. The molecule has 0 spiro atoms. The number of hydrogen-bond acceptors (Lipinski definition) is 33. The second-order valence-electron chi connectivity index (χ2n) is 41.1. The van der Waals surface area contributed by atoms with Crippen molar-refractivity contribution >= 4 is 65.6 Å². The lowest BCUT2D eigenvalue weighted by Crippen LogP contribution is -2.59. The van der Waals surface area contributed by atoms with Crippen LogP contribution in [0.4, 0.5) is 28.8 Å². The fourth-order valence-corrected chi connectivity index (χ4v) is 17.2. The van der Waals surface area contributed by atoms with Crippen LogP contribution in [-0.2, 0) is 114 Å². The van der Waals surface area contributed by atoms with E-state index >= 15 is 0 Å². The molecule has 4 fully saturated rings. The molecule has 42 heteroatoms. The molecule has 818 valence electrons. The van der Waals surface area contributed by atoms with Crippen LogP contribution >= 0.6 is 11.3 Å². The van der Waals surface area contributed by atoms with Gasteiger partial charge in [0.05, 0.1) is 129 Å². The van der Waals surface area contributed by atoms with Crippen molar-refractivity contribution in [3.63, 3.8) is 0 Å². The van der Waals surface area contributed by atoms with Gasteiger partial charge in [-0.1, -0.05) is 159 Å². The number of ether oxygens (including phenoxy) is 15. The van der Waals surface area contributed by atoms with Gasteiger partial charge in [-0.15, -0.1) is 11.3 Å². The van der Waals surface area contributed by atoms with Gasteiger partial charge in [0.2, 0.25) is 0 Å². The number of benzene rings is 6. The summed E-state index contributed by atoms with van der Waals surface area (Å²) in [4.78, 5) is 125. The van der Waals surface area contributed by atoms with Crippen LogP contribution in [0.3, 0.4) is 0 Å². The average Bonchev–Trinajstić information content (AvgIpc) is 1.69. The number of nitrogens with zero attached hydrogens (tertiary/aromatic N) is 5. The third-order valence-electron chi connectivity index (χ3n) is 24.9. The molecule has 4 aliphatic heterocycles. The summed E-state index contributed by atoms with van der Waals surface area (Å²) in [6.07, 6.45) is -4.05. The highest BCUT2D eigenvalue weighted by Gasteiger charge is 2.47. The highest BCUT2D eigenvalue weighted by molar-refractivity contribution is 7.07. The third-order valence-corrected chi connectivity index (χ3v) is 25.5. The fourth-order valence-electron chi connectivity index (χ4n) is 16.7. The van der Waals surface area contributed by atoms with Crippen LogP contribution in [0.2, 0.25) is 0 Å². The Kier molecular flexibility index (Phi) is 45.1. The molecule has 0 radical (unpaired) electrons. The average molecular weight is 2110 g/mol. The monoisotopic (exact) mass is 2110 g/mol. The van der Waals surface area contributed by atoms with Gasteiger partial charge < -0.3 is 118 Å². The molecular formula is C108H148N14O27S. The molecule has 2 aromatic heterocycles. The van der Waals surface area contributed by atoms with Crippen molar-refractivity contribution in [2.24, 2.45) is 28.1 Å². The van der Waals surface area contributed by atoms with Crippen LogP contribution in [0.1, 0.15) is 146 Å². The minimum Gasteiger partial charge on any atom is -0.497 e. The first-order chi connectivity index (χ1) is 71.3. The summed E-state index contributed by atoms with van der Waals surface area (Å²) < 4.78 is 81.4. The van der Waals surface area contributed by atoms with Crippen LogP contribution in [0.5, 0.6) is 28.7 Å². The summed E-state index contributed by atoms with van der Waals surface area (Å²) in [5.74, 6) is 1.63. The number of amides is 9. The number of thiazole rings is 1. The van der Waals surface area contributed by atoms with Gasteiger partial charge >= 0.3 is 36.6 Å². The highest BCUT2D eigenvalue weighted by atomic mass is 32.1. The maximum absolute atomic E-state index is 13.8. The summed E-state index contributed by atoms with van der Waals surface area (Å²) in [5.41, 5.74) is 15.4. The summed E-state index contributed by atoms with van der Waals surface area (Å²) in [7, 11) is 8.40. The smallest absolute Gasteiger partial charge is 0.407 e. The van der Waals surface area contributed by atoms with Crippen LogP contribution in [0.15, 0.2) is 181 Å². The van der Waals surface area contributed by atoms with Crippen LogP contribution in [-0.4, -0.2) is 268 Å². The Bertz CT molecular complexity index is 5530. The van der Waals surface area contributed by atoms with E-state index in [9.17, 15) is 58.5 Å². The number of hydrogen-bond donors (Lipinski definition) is 12. The Hall–Kier alpha value is -13.3. The molecule has 0 saturated carbocycles. The lowest BCUT2D eigenvalue weighted by Gasteiger charge is -2.34. The zero-order valence-electron chi connectivity index (χ0n) is 88.8. The van der Waals surface area contributed by atoms with Crippen molar-refractivity contribution in [3.8, 4) is 28.7 Å². The van der Waals surface area contributed by atoms with Gasteiger partial charge in [-0.3, -0.25) is 35.6 Å². The minimum absolute atomic E-state index is 0.0503. The molecule has 12 rings (SSSR count). The van der Waals surface area contributed by atoms with Gasteiger partial charge in [-0.05, 0) is 176 Å². The Morgan fingerprint density at radius 3 is 1.05 bits per heavy atom. The van der Waals surface area contributed by atoms with Gasteiger partial charge in [-0.2, -0.15) is 0 Å². The maximum atomic E-state index is 13.8. The first-order valence-corrected chi connectivity index (χ1v) is 50.6. The second-order valence-corrected chi connectivity index (χ2v) is 41.8. The van der Waals surface area contributed by atoms with E-state index < -0.39 is 155 Å². The number of methoxy groups -OCH3 is 6. The van der Waals surface area contributed by atoms with E-state index in [1.165, 1.54) is 32.7 Å². The van der Waals surface area contributed by atoms with E-state index in [0.717, 1.165) is 50.2 Å². The lowest BCUT2D eigenvalue weighted by atomic mass is 9.86. The number of rotatable bonds is 44. The number of aromatic nitrogens is 2. The predicted molar refractivity (Wildman–Crippen MR) is 554 cm³/mol. The van der Waals surface area contributed by atoms with E-state index in [1.807, 2.05) is 196 Å². The lowest BCUT2D eigenvalue weighted by molar-refractivity contribution is -0.132. The Balaban J connectivity index is 0.000000232. The fraction of sp³-hybridized carbons (Fsp3) is 0.509. The largest absolute Gasteiger partial charge is 0.497 e. The standard InChI is InChI=1S/C39H51N5O10.C37H49N5O10S.C32H48N4O7/c1-39(2,3)34(42-37(47)50-5)35(46)43-44(21-26-10-14-29(15-11-26)52-23-27-7-6-17-40-20-27)22-32(45)31(19-25-8-12-28(49-4)13-9-25)41-38(48)54-33-24-53-36-30(33)16-18-51-36;1-37(2,3)32(40-35(45)48-5)33(44)41-42(17-24-8-12-27(13-9-24)50-19-25-21-53-22-38-25)18-30(43)29(16-23-6-10-26(47-4)11-7-23)39-36(46)52-31-20-51-34-28(31)14-15-49-34;1-21-10-12-23(13-11-21)19-36(35-28(38)27(31(2,3)4)34-29(39)42-9)20-26(37)25(33-30(40)43-32(5,6)7)18-22-14-16-24(41-8)17-15-22/h6-15,17,20,30-34,36,45H,16,18-19,21-24H2,1-5H3,(H,41,48)(H,42,47)(H,43,46);6-13,21-22,28-32,34,43H,14-20H2,1-5H3,(H,39,46)(H,40,45)(H,41,44);10-17,25-27,37H,18-20H2,1-9H3,(H,33,40)(H,34,39)(H,35,38)/t30-,31-,32-,33-,34+,36+;28-,29-,30-,31-,32+,34+;25-,26-,27+/m000/s1. The molecule has 9 amide bonds. The van der Waals surface area contributed by atoms with Crippen molar-refractivity contribution < 1.29 is 130 Å². The third kappa shape index (κ3) is 38.9. The summed E-state index contributed by atoms with van der Waals surface area (Å²) in [6.45, 7) is 26.0. The number of aliphatic hydroxyl groups is 3. The first kappa shape index (κ1) is 119. The van der Waals surface area contributed by atoms with E-state index in [4.69, 9.17) is 71.1 Å². The number of aryl methyl sites for hydroxylation is 1. The molecule has 6 heterocycles. The molecule has 6 aromatic carbocycles. The van der Waals surface area contributed by atoms with E-state index in [1.54, 1.807) is 111 Å². The number of carbonyl (C=O) groups excluding carboxylic acids is 9. The zero-order chi connectivity index (χ0) is 109. The van der Waals surface area contributed by atoms with Crippen molar-refractivity contribution in [2.75, 3.05) is 88.7 Å². The normalized spacial score (nSPS) is 18.0. The SMILES string of the molecule is COC(=O)N[C@H](C(=O)NN(Cc1ccc(C)cc1)C[C@H](O)[C@H](Cc1ccc(OC)cc1)NC(=O)OC(C)(C)C)C(C)(C)C.COC(=O)N[C@H](C(=O)NN(Cc1ccc(OCc2cccnc2)cc1)C[C@H](O)[C@H](Cc1ccc(OC)cc1)NC(=O)O[C@H]1CO[C@H]2OCC[C@H]21)C(C)(C)C.COC(=O)N[C@H](C(=O)NN(Cc1ccc(OCc2cscn2)cc1)C[C@H](O)[C@H](Cc1ccc(OC)cc1)NC(=O)O[C@H]1CO[C@H]2OCC[C@H]21)C(C)(C)C. The molecule has 15 atom stereocenters. The Morgan fingerprint density at radius 1 is 0.407 bits per heavy atom. The Morgan fingerprint density at radius 2 is 0.740 bits per heavy atom. The van der Waals surface area contributed by atoms with E-state index in [2.05, 4.69) is 58.1 Å². The van der Waals surface area contributed by atoms with Crippen LogP contribution in [0, 0.1) is 35.0 Å². The summed E-state index contributed by atoms with van der Waals surface area (Å²) in [5, 5.41) is 58.2. The second kappa shape index (κ2) is 57.1. The number of pyridine rings is 1. The van der Waals surface area contributed by atoms with Crippen molar-refractivity contribution in [3.05, 3.63) is 231 Å². The molecular weight excluding hydrogens is 1960 g/mol. The van der Waals surface area contributed by atoms with Crippen LogP contribution in [0.25, 0.3) is 0 Å². The molecule has 150 heavy (non-hydrogen) atoms.